The molecule has 0 fully saturated rings. The molecule has 0 N–H and O–H groups in total. The third kappa shape index (κ3) is 5.00. The molecule has 32 heavy (non-hydrogen) atoms. The van der Waals surface area contributed by atoms with Crippen LogP contribution in [0, 0.1) is 0 Å². The molecule has 1 atom stereocenters. The molecule has 0 aliphatic rings. The summed E-state index contributed by atoms with van der Waals surface area (Å²) in [4.78, 5) is 19.8. The van der Waals surface area contributed by atoms with Crippen LogP contribution in [0.15, 0.2) is 52.2 Å². The Morgan fingerprint density at radius 2 is 1.66 bits per heavy atom. The molecule has 0 spiro atoms. The second kappa shape index (κ2) is 9.89. The number of hydrogen-bond acceptors (Lipinski definition) is 5. The minimum Gasteiger partial charge on any atom is -0.308 e. The van der Waals surface area contributed by atoms with Crippen LogP contribution in [0.1, 0.15) is 25.7 Å². The molecule has 3 rings (SSSR count). The van der Waals surface area contributed by atoms with Crippen LogP contribution < -0.4 is 5.56 Å². The SMILES string of the molecule is CCn1c(C(C)N(CCN(C)C)S(=O)(=O)c2ccc(Cl)cc2)nc2cc(Cl)ccc2c1=O. The van der Waals surface area contributed by atoms with Crippen molar-refractivity contribution >= 4 is 44.1 Å². The number of nitrogens with zero attached hydrogens (tertiary/aromatic N) is 4. The van der Waals surface area contributed by atoms with E-state index < -0.39 is 16.1 Å². The van der Waals surface area contributed by atoms with E-state index in [0.29, 0.717) is 39.9 Å². The Bertz CT molecular complexity index is 1270. The monoisotopic (exact) mass is 496 g/mol. The van der Waals surface area contributed by atoms with Crippen molar-refractivity contribution in [2.24, 2.45) is 0 Å². The summed E-state index contributed by atoms with van der Waals surface area (Å²) < 4.78 is 30.1. The fourth-order valence-corrected chi connectivity index (χ4v) is 5.40. The standard InChI is InChI=1S/C22H26Cl2N4O3S/c1-5-27-21(25-20-14-17(24)8-11-19(20)22(27)29)15(2)28(13-12-26(3)4)32(30,31)18-9-6-16(23)7-10-18/h6-11,14-15H,5,12-13H2,1-4H3. The van der Waals surface area contributed by atoms with E-state index in [1.807, 2.05) is 25.9 Å². The minimum absolute atomic E-state index is 0.127. The maximum absolute atomic E-state index is 13.6. The van der Waals surface area contributed by atoms with Crippen LogP contribution >= 0.6 is 23.2 Å². The summed E-state index contributed by atoms with van der Waals surface area (Å²) >= 11 is 12.1. The lowest BCUT2D eigenvalue weighted by molar-refractivity contribution is 0.281. The van der Waals surface area contributed by atoms with Gasteiger partial charge in [0, 0.05) is 29.7 Å². The van der Waals surface area contributed by atoms with E-state index >= 15 is 0 Å². The lowest BCUT2D eigenvalue weighted by Gasteiger charge is -2.30. The van der Waals surface area contributed by atoms with Crippen molar-refractivity contribution in [1.29, 1.82) is 0 Å². The number of benzene rings is 2. The third-order valence-electron chi connectivity index (χ3n) is 5.26. The third-order valence-corrected chi connectivity index (χ3v) is 7.73. The number of rotatable bonds is 8. The highest BCUT2D eigenvalue weighted by Gasteiger charge is 2.32. The van der Waals surface area contributed by atoms with Gasteiger partial charge < -0.3 is 4.90 Å². The first kappa shape index (κ1) is 24.7. The van der Waals surface area contributed by atoms with Crippen LogP contribution in [0.2, 0.25) is 10.0 Å². The molecule has 0 aliphatic carbocycles. The summed E-state index contributed by atoms with van der Waals surface area (Å²) in [6.45, 7) is 4.64. The van der Waals surface area contributed by atoms with Gasteiger partial charge in [0.15, 0.2) is 0 Å². The molecule has 1 unspecified atom stereocenters. The van der Waals surface area contributed by atoms with Gasteiger partial charge in [-0.2, -0.15) is 4.31 Å². The molecule has 0 bridgehead atoms. The van der Waals surface area contributed by atoms with Crippen LogP contribution in [-0.2, 0) is 16.6 Å². The predicted molar refractivity (Wildman–Crippen MR) is 129 cm³/mol. The van der Waals surface area contributed by atoms with Crippen molar-refractivity contribution in [2.75, 3.05) is 27.2 Å². The van der Waals surface area contributed by atoms with Gasteiger partial charge in [-0.25, -0.2) is 13.4 Å². The number of sulfonamides is 1. The zero-order chi connectivity index (χ0) is 23.6. The minimum atomic E-state index is -3.89. The Hall–Kier alpha value is -1.97. The molecule has 0 radical (unpaired) electrons. The van der Waals surface area contributed by atoms with Crippen LogP contribution in [0.3, 0.4) is 0 Å². The van der Waals surface area contributed by atoms with Crippen LogP contribution in [0.5, 0.6) is 0 Å². The van der Waals surface area contributed by atoms with Crippen LogP contribution in [0.25, 0.3) is 10.9 Å². The van der Waals surface area contributed by atoms with E-state index in [9.17, 15) is 13.2 Å². The second-order valence-corrected chi connectivity index (χ2v) is 10.5. The van der Waals surface area contributed by atoms with Gasteiger partial charge in [-0.05, 0) is 70.4 Å². The lowest BCUT2D eigenvalue weighted by Crippen LogP contribution is -2.41. The van der Waals surface area contributed by atoms with Crippen molar-refractivity contribution in [3.63, 3.8) is 0 Å². The zero-order valence-corrected chi connectivity index (χ0v) is 20.7. The molecule has 172 valence electrons. The Balaban J connectivity index is 2.18. The molecule has 3 aromatic rings. The molecule has 2 aromatic carbocycles. The number of fused-ring (bicyclic) bond motifs is 1. The maximum Gasteiger partial charge on any atom is 0.261 e. The smallest absolute Gasteiger partial charge is 0.261 e. The van der Waals surface area contributed by atoms with Gasteiger partial charge >= 0.3 is 0 Å². The summed E-state index contributed by atoms with van der Waals surface area (Å²) in [6.07, 6.45) is 0. The fraction of sp³-hybridized carbons (Fsp3) is 0.364. The van der Waals surface area contributed by atoms with Gasteiger partial charge in [-0.1, -0.05) is 23.2 Å². The number of halogens is 2. The van der Waals surface area contributed by atoms with E-state index in [1.54, 1.807) is 37.3 Å². The summed E-state index contributed by atoms with van der Waals surface area (Å²) in [5.41, 5.74) is 0.206. The number of aromatic nitrogens is 2. The summed E-state index contributed by atoms with van der Waals surface area (Å²) in [5.74, 6) is 0.364. The Labute approximate surface area is 198 Å². The van der Waals surface area contributed by atoms with Gasteiger partial charge in [0.1, 0.15) is 5.82 Å². The van der Waals surface area contributed by atoms with E-state index in [-0.39, 0.29) is 17.0 Å². The van der Waals surface area contributed by atoms with E-state index in [0.717, 1.165) is 0 Å². The van der Waals surface area contributed by atoms with Gasteiger partial charge in [0.05, 0.1) is 21.8 Å². The number of hydrogen-bond donors (Lipinski definition) is 0. The Morgan fingerprint density at radius 1 is 1.03 bits per heavy atom. The molecule has 0 amide bonds. The van der Waals surface area contributed by atoms with Gasteiger partial charge in [-0.3, -0.25) is 9.36 Å². The Kier molecular flexibility index (Phi) is 7.62. The number of likely N-dealkylation sites (N-methyl/N-ethyl adjacent to an activating group) is 1. The normalized spacial score (nSPS) is 13.2. The fourth-order valence-electron chi connectivity index (χ4n) is 3.53. The highest BCUT2D eigenvalue weighted by atomic mass is 35.5. The van der Waals surface area contributed by atoms with E-state index in [1.165, 1.54) is 21.0 Å². The first-order chi connectivity index (χ1) is 15.1. The topological polar surface area (TPSA) is 75.5 Å². The van der Waals surface area contributed by atoms with E-state index in [2.05, 4.69) is 4.98 Å². The molecule has 1 heterocycles. The maximum atomic E-state index is 13.6. The largest absolute Gasteiger partial charge is 0.308 e. The average Bonchev–Trinajstić information content (AvgIpc) is 2.73. The van der Waals surface area contributed by atoms with Crippen molar-refractivity contribution < 1.29 is 8.42 Å². The first-order valence-corrected chi connectivity index (χ1v) is 12.4. The highest BCUT2D eigenvalue weighted by molar-refractivity contribution is 7.89. The lowest BCUT2D eigenvalue weighted by atomic mass is 10.2. The summed E-state index contributed by atoms with van der Waals surface area (Å²) in [6, 6.07) is 10.2. The molecule has 0 saturated carbocycles. The molecule has 0 saturated heterocycles. The van der Waals surface area contributed by atoms with Crippen molar-refractivity contribution in [3.8, 4) is 0 Å². The summed E-state index contributed by atoms with van der Waals surface area (Å²) in [5, 5.41) is 1.34. The zero-order valence-electron chi connectivity index (χ0n) is 18.4. The van der Waals surface area contributed by atoms with Crippen LogP contribution in [-0.4, -0.2) is 54.4 Å². The molecule has 1 aromatic heterocycles. The molecule has 7 nitrogen and oxygen atoms in total. The quantitative estimate of drug-likeness (QED) is 0.470. The Morgan fingerprint density at radius 3 is 2.25 bits per heavy atom. The van der Waals surface area contributed by atoms with Crippen molar-refractivity contribution in [1.82, 2.24) is 18.8 Å². The van der Waals surface area contributed by atoms with Gasteiger partial charge in [0.2, 0.25) is 10.0 Å². The van der Waals surface area contributed by atoms with Gasteiger partial charge in [-0.15, -0.1) is 0 Å². The average molecular weight is 497 g/mol. The molecular formula is C22H26Cl2N4O3S. The van der Waals surface area contributed by atoms with E-state index in [4.69, 9.17) is 23.2 Å². The van der Waals surface area contributed by atoms with Crippen molar-refractivity contribution in [3.05, 3.63) is 68.7 Å². The first-order valence-electron chi connectivity index (χ1n) is 10.2. The predicted octanol–water partition coefficient (Wildman–Crippen LogP) is 4.04. The van der Waals surface area contributed by atoms with Gasteiger partial charge in [0.25, 0.3) is 5.56 Å². The molecular weight excluding hydrogens is 471 g/mol. The van der Waals surface area contributed by atoms with Crippen LogP contribution in [0.4, 0.5) is 0 Å². The highest BCUT2D eigenvalue weighted by Crippen LogP contribution is 2.28. The molecule has 0 aliphatic heterocycles. The van der Waals surface area contributed by atoms with Crippen molar-refractivity contribution in [2.45, 2.75) is 31.3 Å². The second-order valence-electron chi connectivity index (χ2n) is 7.73. The summed E-state index contributed by atoms with van der Waals surface area (Å²) in [7, 11) is -0.151. The molecule has 10 heteroatoms.